The highest BCUT2D eigenvalue weighted by Gasteiger charge is 2.24. The Hall–Kier alpha value is -3.15. The van der Waals surface area contributed by atoms with Crippen molar-refractivity contribution in [1.29, 1.82) is 0 Å². The summed E-state index contributed by atoms with van der Waals surface area (Å²) in [5.41, 5.74) is 2.63. The van der Waals surface area contributed by atoms with Crippen LogP contribution in [0.3, 0.4) is 0 Å². The van der Waals surface area contributed by atoms with E-state index in [-0.39, 0.29) is 17.3 Å². The molecule has 6 heteroatoms. The monoisotopic (exact) mass is 379 g/mol. The van der Waals surface area contributed by atoms with Gasteiger partial charge in [-0.05, 0) is 30.7 Å². The Morgan fingerprint density at radius 1 is 1.00 bits per heavy atom. The first kappa shape index (κ1) is 18.2. The third-order valence-electron chi connectivity index (χ3n) is 5.46. The molecule has 0 atom stereocenters. The maximum absolute atomic E-state index is 13.8. The van der Waals surface area contributed by atoms with Crippen LogP contribution >= 0.6 is 0 Å². The zero-order valence-corrected chi connectivity index (χ0v) is 16.0. The Morgan fingerprint density at radius 2 is 1.71 bits per heavy atom. The molecule has 1 aromatic heterocycles. The van der Waals surface area contributed by atoms with Gasteiger partial charge in [0, 0.05) is 50.2 Å². The Kier molecular flexibility index (Phi) is 4.63. The number of benzene rings is 2. The number of hydrogen-bond acceptors (Lipinski definition) is 3. The maximum atomic E-state index is 13.8. The number of piperazine rings is 1. The third kappa shape index (κ3) is 3.15. The molecule has 2 aromatic carbocycles. The second-order valence-corrected chi connectivity index (χ2v) is 7.19. The van der Waals surface area contributed by atoms with Gasteiger partial charge in [0.1, 0.15) is 5.82 Å². The number of hydrogen-bond donors (Lipinski definition) is 0. The summed E-state index contributed by atoms with van der Waals surface area (Å²) >= 11 is 0. The second kappa shape index (κ2) is 7.11. The molecule has 1 aliphatic rings. The normalized spacial score (nSPS) is 14.5. The van der Waals surface area contributed by atoms with Gasteiger partial charge in [-0.3, -0.25) is 9.59 Å². The van der Waals surface area contributed by atoms with Gasteiger partial charge in [0.05, 0.1) is 11.2 Å². The molecule has 144 valence electrons. The summed E-state index contributed by atoms with van der Waals surface area (Å²) in [5.74, 6) is -0.525. The smallest absolute Gasteiger partial charge is 0.254 e. The summed E-state index contributed by atoms with van der Waals surface area (Å²) in [5, 5.41) is 1.02. The first-order valence-electron chi connectivity index (χ1n) is 9.35. The summed E-state index contributed by atoms with van der Waals surface area (Å²) in [6, 6.07) is 14.1. The number of aryl methyl sites for hydroxylation is 2. The average molecular weight is 379 g/mol. The highest BCUT2D eigenvalue weighted by atomic mass is 19.1. The number of amides is 1. The highest BCUT2D eigenvalue weighted by Crippen LogP contribution is 2.26. The Labute approximate surface area is 162 Å². The number of carbonyl (C=O) groups is 1. The van der Waals surface area contributed by atoms with Crippen molar-refractivity contribution in [2.75, 3.05) is 31.1 Å². The van der Waals surface area contributed by atoms with Gasteiger partial charge in [0.25, 0.3) is 11.5 Å². The van der Waals surface area contributed by atoms with E-state index < -0.39 is 0 Å². The number of para-hydroxylation sites is 1. The summed E-state index contributed by atoms with van der Waals surface area (Å²) in [7, 11) is 1.77. The van der Waals surface area contributed by atoms with E-state index in [1.54, 1.807) is 41.6 Å². The van der Waals surface area contributed by atoms with Crippen LogP contribution in [-0.2, 0) is 7.05 Å². The van der Waals surface area contributed by atoms with Crippen molar-refractivity contribution >= 4 is 22.5 Å². The molecule has 0 aliphatic carbocycles. The van der Waals surface area contributed by atoms with Gasteiger partial charge in [0.15, 0.2) is 0 Å². The minimum Gasteiger partial charge on any atom is -0.367 e. The van der Waals surface area contributed by atoms with Crippen molar-refractivity contribution in [2.45, 2.75) is 6.92 Å². The molecule has 0 bridgehead atoms. The Balaban J connectivity index is 1.56. The van der Waals surface area contributed by atoms with E-state index in [2.05, 4.69) is 4.90 Å². The minimum atomic E-state index is -0.365. The van der Waals surface area contributed by atoms with Crippen molar-refractivity contribution in [3.8, 4) is 0 Å². The lowest BCUT2D eigenvalue weighted by molar-refractivity contribution is 0.0746. The van der Waals surface area contributed by atoms with E-state index in [9.17, 15) is 14.0 Å². The molecule has 1 fully saturated rings. The molecule has 0 unspecified atom stereocenters. The van der Waals surface area contributed by atoms with Crippen LogP contribution in [0.15, 0.2) is 53.3 Å². The lowest BCUT2D eigenvalue weighted by Crippen LogP contribution is -2.49. The number of pyridine rings is 1. The number of rotatable bonds is 2. The maximum Gasteiger partial charge on any atom is 0.254 e. The lowest BCUT2D eigenvalue weighted by atomic mass is 10.1. The topological polar surface area (TPSA) is 45.6 Å². The van der Waals surface area contributed by atoms with Crippen molar-refractivity contribution in [3.63, 3.8) is 0 Å². The number of anilines is 1. The molecular formula is C22H22FN3O2. The van der Waals surface area contributed by atoms with Gasteiger partial charge in [-0.2, -0.15) is 0 Å². The van der Waals surface area contributed by atoms with Crippen LogP contribution in [0.1, 0.15) is 15.9 Å². The standard InChI is InChI=1S/C22H22FN3O2/c1-15-7-8-16(13-18(15)23)22(28)26-11-9-25(10-12-26)20-14-21(27)24(2)19-6-4-3-5-17(19)20/h3-8,13-14H,9-12H2,1-2H3. The van der Waals surface area contributed by atoms with Crippen molar-refractivity contribution in [3.05, 3.63) is 75.8 Å². The van der Waals surface area contributed by atoms with Crippen molar-refractivity contribution < 1.29 is 9.18 Å². The number of fused-ring (bicyclic) bond motifs is 1. The molecule has 3 aromatic rings. The van der Waals surface area contributed by atoms with Crippen LogP contribution in [-0.4, -0.2) is 41.6 Å². The molecule has 28 heavy (non-hydrogen) atoms. The van der Waals surface area contributed by atoms with E-state index >= 15 is 0 Å². The predicted octanol–water partition coefficient (Wildman–Crippen LogP) is 2.95. The van der Waals surface area contributed by atoms with E-state index in [4.69, 9.17) is 0 Å². The van der Waals surface area contributed by atoms with Gasteiger partial charge < -0.3 is 14.4 Å². The minimum absolute atomic E-state index is 0.0534. The molecule has 1 amide bonds. The molecule has 1 saturated heterocycles. The molecule has 0 radical (unpaired) electrons. The number of nitrogens with zero attached hydrogens (tertiary/aromatic N) is 3. The van der Waals surface area contributed by atoms with Crippen LogP contribution in [0.5, 0.6) is 0 Å². The van der Waals surface area contributed by atoms with Gasteiger partial charge in [-0.25, -0.2) is 4.39 Å². The van der Waals surface area contributed by atoms with Crippen molar-refractivity contribution in [2.24, 2.45) is 7.05 Å². The molecular weight excluding hydrogens is 357 g/mol. The quantitative estimate of drug-likeness (QED) is 0.688. The summed E-state index contributed by atoms with van der Waals surface area (Å²) in [6.07, 6.45) is 0. The van der Waals surface area contributed by atoms with E-state index in [0.717, 1.165) is 16.6 Å². The first-order chi connectivity index (χ1) is 13.5. The fourth-order valence-electron chi connectivity index (χ4n) is 3.71. The lowest BCUT2D eigenvalue weighted by Gasteiger charge is -2.36. The van der Waals surface area contributed by atoms with Gasteiger partial charge in [-0.1, -0.05) is 24.3 Å². The fraction of sp³-hybridized carbons (Fsp3) is 0.273. The largest absolute Gasteiger partial charge is 0.367 e. The van der Waals surface area contributed by atoms with Gasteiger partial charge in [0.2, 0.25) is 0 Å². The van der Waals surface area contributed by atoms with Crippen molar-refractivity contribution in [1.82, 2.24) is 9.47 Å². The third-order valence-corrected chi connectivity index (χ3v) is 5.46. The fourth-order valence-corrected chi connectivity index (χ4v) is 3.71. The van der Waals surface area contributed by atoms with Crippen LogP contribution in [0, 0.1) is 12.7 Å². The number of aromatic nitrogens is 1. The van der Waals surface area contributed by atoms with E-state index in [0.29, 0.717) is 37.3 Å². The van der Waals surface area contributed by atoms with Crippen LogP contribution < -0.4 is 10.5 Å². The molecule has 4 rings (SSSR count). The second-order valence-electron chi connectivity index (χ2n) is 7.19. The zero-order chi connectivity index (χ0) is 19.8. The predicted molar refractivity (Wildman–Crippen MR) is 108 cm³/mol. The average Bonchev–Trinajstić information content (AvgIpc) is 2.72. The summed E-state index contributed by atoms with van der Waals surface area (Å²) in [6.45, 7) is 3.97. The van der Waals surface area contributed by atoms with E-state index in [1.807, 2.05) is 24.3 Å². The Bertz CT molecular complexity index is 1110. The molecule has 0 saturated carbocycles. The molecule has 0 spiro atoms. The highest BCUT2D eigenvalue weighted by molar-refractivity contribution is 5.95. The van der Waals surface area contributed by atoms with Crippen LogP contribution in [0.25, 0.3) is 10.9 Å². The summed E-state index contributed by atoms with van der Waals surface area (Å²) < 4.78 is 15.4. The van der Waals surface area contributed by atoms with Gasteiger partial charge >= 0.3 is 0 Å². The molecule has 2 heterocycles. The first-order valence-corrected chi connectivity index (χ1v) is 9.35. The number of halogens is 1. The van der Waals surface area contributed by atoms with Crippen LogP contribution in [0.2, 0.25) is 0 Å². The van der Waals surface area contributed by atoms with Gasteiger partial charge in [-0.15, -0.1) is 0 Å². The zero-order valence-electron chi connectivity index (χ0n) is 16.0. The van der Waals surface area contributed by atoms with E-state index in [1.165, 1.54) is 6.07 Å². The SMILES string of the molecule is Cc1ccc(C(=O)N2CCN(c3cc(=O)n(C)c4ccccc34)CC2)cc1F. The molecule has 5 nitrogen and oxygen atoms in total. The molecule has 0 N–H and O–H groups in total. The molecule has 1 aliphatic heterocycles. The van der Waals surface area contributed by atoms with Crippen LogP contribution in [0.4, 0.5) is 10.1 Å². The Morgan fingerprint density at radius 3 is 2.43 bits per heavy atom. The summed E-state index contributed by atoms with van der Waals surface area (Å²) in [4.78, 5) is 28.9. The number of carbonyl (C=O) groups excluding carboxylic acids is 1.